The van der Waals surface area contributed by atoms with Crippen LogP contribution in [0.4, 0.5) is 0 Å². The number of benzene rings is 1. The van der Waals surface area contributed by atoms with Gasteiger partial charge in [0.15, 0.2) is 0 Å². The molecule has 0 bridgehead atoms. The number of aryl methyl sites for hydroxylation is 3. The number of rotatable bonds is 3. The van der Waals surface area contributed by atoms with Gasteiger partial charge in [-0.1, -0.05) is 12.1 Å². The molecule has 0 aliphatic rings. The second kappa shape index (κ2) is 4.72. The van der Waals surface area contributed by atoms with Crippen LogP contribution in [0.25, 0.3) is 11.3 Å². The lowest BCUT2D eigenvalue weighted by Gasteiger charge is -2.10. The molecule has 0 radical (unpaired) electrons. The van der Waals surface area contributed by atoms with Crippen molar-refractivity contribution >= 4 is 0 Å². The van der Waals surface area contributed by atoms with Gasteiger partial charge in [-0.05, 0) is 43.7 Å². The predicted octanol–water partition coefficient (Wildman–Crippen LogP) is 2.42. The topological polar surface area (TPSA) is 29.9 Å². The summed E-state index contributed by atoms with van der Waals surface area (Å²) in [5, 5.41) is 7.49. The minimum atomic E-state index is 0.893. The standard InChI is InChI=1S/C14H19N3/c1-10-5-6-12(9-15-3)7-13(10)14-11(2)8-16-17(14)4/h5-8,15H,9H2,1-4H3. The van der Waals surface area contributed by atoms with Gasteiger partial charge < -0.3 is 5.32 Å². The van der Waals surface area contributed by atoms with E-state index in [0.29, 0.717) is 0 Å². The molecule has 3 heteroatoms. The lowest BCUT2D eigenvalue weighted by Crippen LogP contribution is -2.05. The Labute approximate surface area is 102 Å². The molecule has 0 fully saturated rings. The first-order valence-corrected chi connectivity index (χ1v) is 5.86. The molecule has 2 rings (SSSR count). The molecule has 0 unspecified atom stereocenters. The van der Waals surface area contributed by atoms with Gasteiger partial charge in [0.1, 0.15) is 0 Å². The third kappa shape index (κ3) is 2.24. The van der Waals surface area contributed by atoms with Crippen molar-refractivity contribution < 1.29 is 0 Å². The van der Waals surface area contributed by atoms with E-state index in [2.05, 4.69) is 42.5 Å². The molecule has 0 amide bonds. The Morgan fingerprint density at radius 2 is 2.00 bits per heavy atom. The minimum Gasteiger partial charge on any atom is -0.316 e. The molecule has 3 nitrogen and oxygen atoms in total. The van der Waals surface area contributed by atoms with E-state index in [1.807, 2.05) is 25.0 Å². The summed E-state index contributed by atoms with van der Waals surface area (Å²) in [6.07, 6.45) is 1.92. The number of nitrogens with one attached hydrogen (secondary N) is 1. The molecule has 1 aromatic heterocycles. The summed E-state index contributed by atoms with van der Waals surface area (Å²) in [6.45, 7) is 5.14. The highest BCUT2D eigenvalue weighted by Crippen LogP contribution is 2.26. The molecule has 17 heavy (non-hydrogen) atoms. The van der Waals surface area contributed by atoms with Crippen LogP contribution in [0.5, 0.6) is 0 Å². The minimum absolute atomic E-state index is 0.893. The van der Waals surface area contributed by atoms with Gasteiger partial charge in [-0.3, -0.25) is 4.68 Å². The van der Waals surface area contributed by atoms with Gasteiger partial charge in [0.25, 0.3) is 0 Å². The van der Waals surface area contributed by atoms with Crippen molar-refractivity contribution in [2.45, 2.75) is 20.4 Å². The Bertz CT molecular complexity index is 507. The van der Waals surface area contributed by atoms with Crippen molar-refractivity contribution in [3.8, 4) is 11.3 Å². The highest BCUT2D eigenvalue weighted by atomic mass is 15.3. The van der Waals surface area contributed by atoms with Gasteiger partial charge in [-0.2, -0.15) is 5.10 Å². The normalized spacial score (nSPS) is 10.8. The Kier molecular flexibility index (Phi) is 3.29. The van der Waals surface area contributed by atoms with Gasteiger partial charge in [0, 0.05) is 19.2 Å². The maximum absolute atomic E-state index is 4.31. The zero-order chi connectivity index (χ0) is 12.4. The molecule has 1 N–H and O–H groups in total. The Morgan fingerprint density at radius 1 is 1.24 bits per heavy atom. The van der Waals surface area contributed by atoms with E-state index >= 15 is 0 Å². The molecular formula is C14H19N3. The van der Waals surface area contributed by atoms with Crippen molar-refractivity contribution in [2.75, 3.05) is 7.05 Å². The van der Waals surface area contributed by atoms with Crippen LogP contribution in [0.1, 0.15) is 16.7 Å². The zero-order valence-corrected chi connectivity index (χ0v) is 10.9. The quantitative estimate of drug-likeness (QED) is 0.876. The van der Waals surface area contributed by atoms with E-state index in [0.717, 1.165) is 6.54 Å². The first-order chi connectivity index (χ1) is 8.13. The molecule has 0 atom stereocenters. The Hall–Kier alpha value is -1.61. The predicted molar refractivity (Wildman–Crippen MR) is 70.9 cm³/mol. The van der Waals surface area contributed by atoms with Crippen LogP contribution < -0.4 is 5.32 Å². The summed E-state index contributed by atoms with van der Waals surface area (Å²) < 4.78 is 1.95. The van der Waals surface area contributed by atoms with Crippen molar-refractivity contribution in [2.24, 2.45) is 7.05 Å². The average Bonchev–Trinajstić information content (AvgIpc) is 2.62. The fourth-order valence-electron chi connectivity index (χ4n) is 2.17. The third-order valence-corrected chi connectivity index (χ3v) is 3.06. The second-order valence-corrected chi connectivity index (χ2v) is 4.48. The lowest BCUT2D eigenvalue weighted by atomic mass is 10.00. The first kappa shape index (κ1) is 11.9. The van der Waals surface area contributed by atoms with Crippen LogP contribution in [0.3, 0.4) is 0 Å². The van der Waals surface area contributed by atoms with E-state index in [1.165, 1.54) is 27.9 Å². The van der Waals surface area contributed by atoms with Crippen LogP contribution in [-0.4, -0.2) is 16.8 Å². The van der Waals surface area contributed by atoms with Crippen LogP contribution in [0, 0.1) is 13.8 Å². The highest BCUT2D eigenvalue weighted by molar-refractivity contribution is 5.67. The van der Waals surface area contributed by atoms with Crippen molar-refractivity contribution in [1.82, 2.24) is 15.1 Å². The highest BCUT2D eigenvalue weighted by Gasteiger charge is 2.10. The molecule has 0 saturated carbocycles. The molecule has 1 aromatic carbocycles. The third-order valence-electron chi connectivity index (χ3n) is 3.06. The number of nitrogens with zero attached hydrogens (tertiary/aromatic N) is 2. The number of hydrogen-bond donors (Lipinski definition) is 1. The number of aromatic nitrogens is 2. The maximum Gasteiger partial charge on any atom is 0.0710 e. The molecule has 2 aromatic rings. The van der Waals surface area contributed by atoms with E-state index in [9.17, 15) is 0 Å². The van der Waals surface area contributed by atoms with Crippen LogP contribution >= 0.6 is 0 Å². The van der Waals surface area contributed by atoms with Gasteiger partial charge in [0.2, 0.25) is 0 Å². The molecular weight excluding hydrogens is 210 g/mol. The van der Waals surface area contributed by atoms with Crippen molar-refractivity contribution in [3.63, 3.8) is 0 Å². The van der Waals surface area contributed by atoms with Gasteiger partial charge in [0.05, 0.1) is 11.9 Å². The lowest BCUT2D eigenvalue weighted by molar-refractivity contribution is 0.774. The summed E-state index contributed by atoms with van der Waals surface area (Å²) in [7, 11) is 3.96. The maximum atomic E-state index is 4.31. The van der Waals surface area contributed by atoms with Crippen LogP contribution in [-0.2, 0) is 13.6 Å². The molecule has 1 heterocycles. The smallest absolute Gasteiger partial charge is 0.0710 e. The van der Waals surface area contributed by atoms with E-state index < -0.39 is 0 Å². The van der Waals surface area contributed by atoms with Crippen molar-refractivity contribution in [3.05, 3.63) is 41.1 Å². The monoisotopic (exact) mass is 229 g/mol. The summed E-state index contributed by atoms with van der Waals surface area (Å²) in [5.74, 6) is 0. The Morgan fingerprint density at radius 3 is 2.59 bits per heavy atom. The summed E-state index contributed by atoms with van der Waals surface area (Å²) in [4.78, 5) is 0. The van der Waals surface area contributed by atoms with Gasteiger partial charge in [-0.15, -0.1) is 0 Å². The number of hydrogen-bond acceptors (Lipinski definition) is 2. The van der Waals surface area contributed by atoms with Crippen molar-refractivity contribution in [1.29, 1.82) is 0 Å². The molecule has 0 aliphatic heterocycles. The summed E-state index contributed by atoms with van der Waals surface area (Å²) in [6, 6.07) is 6.59. The zero-order valence-electron chi connectivity index (χ0n) is 10.9. The summed E-state index contributed by atoms with van der Waals surface area (Å²) >= 11 is 0. The van der Waals surface area contributed by atoms with Crippen LogP contribution in [0.15, 0.2) is 24.4 Å². The molecule has 0 spiro atoms. The first-order valence-electron chi connectivity index (χ1n) is 5.86. The van der Waals surface area contributed by atoms with E-state index in [4.69, 9.17) is 0 Å². The molecule has 90 valence electrons. The fraction of sp³-hybridized carbons (Fsp3) is 0.357. The Balaban J connectivity index is 2.54. The largest absolute Gasteiger partial charge is 0.316 e. The average molecular weight is 229 g/mol. The SMILES string of the molecule is CNCc1ccc(C)c(-c2c(C)cnn2C)c1. The molecule has 0 aliphatic carbocycles. The van der Waals surface area contributed by atoms with Gasteiger partial charge >= 0.3 is 0 Å². The molecule has 0 saturated heterocycles. The van der Waals surface area contributed by atoms with Crippen LogP contribution in [0.2, 0.25) is 0 Å². The van der Waals surface area contributed by atoms with E-state index in [-0.39, 0.29) is 0 Å². The van der Waals surface area contributed by atoms with E-state index in [1.54, 1.807) is 0 Å². The van der Waals surface area contributed by atoms with Gasteiger partial charge in [-0.25, -0.2) is 0 Å². The summed E-state index contributed by atoms with van der Waals surface area (Å²) in [5.41, 5.74) is 6.29. The fourth-order valence-corrected chi connectivity index (χ4v) is 2.17. The second-order valence-electron chi connectivity index (χ2n) is 4.48.